The summed E-state index contributed by atoms with van der Waals surface area (Å²) in [5.41, 5.74) is 7.61. The van der Waals surface area contributed by atoms with Gasteiger partial charge in [0.25, 0.3) is 0 Å². The average Bonchev–Trinajstić information content (AvgIpc) is 2.70. The summed E-state index contributed by atoms with van der Waals surface area (Å²) in [6.45, 7) is 0.469. The number of aromatic nitrogens is 1. The maximum Gasteiger partial charge on any atom is 0.133 e. The average molecular weight is 211 g/mol. The molecule has 0 saturated heterocycles. The molecule has 1 aromatic heterocycles. The van der Waals surface area contributed by atoms with Crippen LogP contribution in [0.3, 0.4) is 0 Å². The molecule has 0 aliphatic heterocycles. The van der Waals surface area contributed by atoms with Gasteiger partial charge in [-0.1, -0.05) is 30.5 Å². The standard InChI is InChI=1S/C11H15ClN2/c12-11-9(7-13)5-6-10(14-11)8-3-1-2-4-8/h5-6,8H,1-4,7,13H2. The van der Waals surface area contributed by atoms with Crippen molar-refractivity contribution in [2.24, 2.45) is 5.73 Å². The van der Waals surface area contributed by atoms with E-state index in [1.54, 1.807) is 0 Å². The number of hydrogen-bond donors (Lipinski definition) is 1. The maximum absolute atomic E-state index is 6.02. The molecular weight excluding hydrogens is 196 g/mol. The first-order valence-corrected chi connectivity index (χ1v) is 5.54. The van der Waals surface area contributed by atoms with Crippen LogP contribution in [0.25, 0.3) is 0 Å². The minimum atomic E-state index is 0.469. The van der Waals surface area contributed by atoms with Crippen molar-refractivity contribution >= 4 is 11.6 Å². The van der Waals surface area contributed by atoms with E-state index in [9.17, 15) is 0 Å². The molecular formula is C11H15ClN2. The summed E-state index contributed by atoms with van der Waals surface area (Å²) in [5, 5.41) is 0.580. The Balaban J connectivity index is 2.23. The zero-order chi connectivity index (χ0) is 9.97. The summed E-state index contributed by atoms with van der Waals surface area (Å²) in [6, 6.07) is 4.08. The zero-order valence-corrected chi connectivity index (χ0v) is 8.93. The highest BCUT2D eigenvalue weighted by atomic mass is 35.5. The Hall–Kier alpha value is -0.600. The van der Waals surface area contributed by atoms with Gasteiger partial charge in [-0.3, -0.25) is 0 Å². The Labute approximate surface area is 89.5 Å². The third-order valence-corrected chi connectivity index (χ3v) is 3.27. The summed E-state index contributed by atoms with van der Waals surface area (Å²) >= 11 is 6.02. The van der Waals surface area contributed by atoms with Crippen LogP contribution >= 0.6 is 11.6 Å². The quantitative estimate of drug-likeness (QED) is 0.763. The molecule has 2 N–H and O–H groups in total. The fourth-order valence-electron chi connectivity index (χ4n) is 2.08. The van der Waals surface area contributed by atoms with Crippen molar-refractivity contribution in [3.8, 4) is 0 Å². The van der Waals surface area contributed by atoms with Gasteiger partial charge in [0.15, 0.2) is 0 Å². The van der Waals surface area contributed by atoms with Crippen molar-refractivity contribution in [1.29, 1.82) is 0 Å². The molecule has 0 aromatic carbocycles. The van der Waals surface area contributed by atoms with Crippen LogP contribution < -0.4 is 5.73 Å². The van der Waals surface area contributed by atoms with E-state index >= 15 is 0 Å². The second-order valence-electron chi connectivity index (χ2n) is 3.87. The number of halogens is 1. The van der Waals surface area contributed by atoms with Crippen LogP contribution in [-0.4, -0.2) is 4.98 Å². The van der Waals surface area contributed by atoms with E-state index in [1.807, 2.05) is 6.07 Å². The summed E-state index contributed by atoms with van der Waals surface area (Å²) in [7, 11) is 0. The van der Waals surface area contributed by atoms with Crippen molar-refractivity contribution in [1.82, 2.24) is 4.98 Å². The van der Waals surface area contributed by atoms with Crippen LogP contribution in [0.5, 0.6) is 0 Å². The monoisotopic (exact) mass is 210 g/mol. The minimum Gasteiger partial charge on any atom is -0.326 e. The molecule has 1 heterocycles. The molecule has 0 radical (unpaired) electrons. The first-order chi connectivity index (χ1) is 6.81. The molecule has 3 heteroatoms. The third-order valence-electron chi connectivity index (χ3n) is 2.94. The topological polar surface area (TPSA) is 38.9 Å². The lowest BCUT2D eigenvalue weighted by Gasteiger charge is -2.09. The van der Waals surface area contributed by atoms with Gasteiger partial charge in [-0.05, 0) is 18.9 Å². The second kappa shape index (κ2) is 4.28. The molecule has 0 unspecified atom stereocenters. The lowest BCUT2D eigenvalue weighted by Crippen LogP contribution is -2.02. The Bertz CT molecular complexity index is 319. The van der Waals surface area contributed by atoms with Crippen LogP contribution in [0, 0.1) is 0 Å². The van der Waals surface area contributed by atoms with Crippen molar-refractivity contribution in [3.63, 3.8) is 0 Å². The molecule has 76 valence electrons. The maximum atomic E-state index is 6.02. The zero-order valence-electron chi connectivity index (χ0n) is 8.17. The Morgan fingerprint density at radius 2 is 2.07 bits per heavy atom. The fraction of sp³-hybridized carbons (Fsp3) is 0.545. The molecule has 14 heavy (non-hydrogen) atoms. The Morgan fingerprint density at radius 1 is 1.36 bits per heavy atom. The second-order valence-corrected chi connectivity index (χ2v) is 4.23. The van der Waals surface area contributed by atoms with Gasteiger partial charge in [0.05, 0.1) is 0 Å². The van der Waals surface area contributed by atoms with Crippen LogP contribution in [0.4, 0.5) is 0 Å². The largest absolute Gasteiger partial charge is 0.326 e. The molecule has 0 amide bonds. The molecule has 2 rings (SSSR count). The van der Waals surface area contributed by atoms with E-state index in [1.165, 1.54) is 25.7 Å². The fourth-order valence-corrected chi connectivity index (χ4v) is 2.32. The van der Waals surface area contributed by atoms with E-state index in [-0.39, 0.29) is 0 Å². The van der Waals surface area contributed by atoms with Crippen molar-refractivity contribution in [3.05, 3.63) is 28.5 Å². The molecule has 1 saturated carbocycles. The highest BCUT2D eigenvalue weighted by Crippen LogP contribution is 2.33. The van der Waals surface area contributed by atoms with Gasteiger partial charge < -0.3 is 5.73 Å². The molecule has 0 spiro atoms. The smallest absolute Gasteiger partial charge is 0.133 e. The van der Waals surface area contributed by atoms with E-state index < -0.39 is 0 Å². The molecule has 1 aromatic rings. The van der Waals surface area contributed by atoms with Crippen LogP contribution in [-0.2, 0) is 6.54 Å². The van der Waals surface area contributed by atoms with Crippen molar-refractivity contribution < 1.29 is 0 Å². The lowest BCUT2D eigenvalue weighted by atomic mass is 10.0. The molecule has 1 fully saturated rings. The molecule has 0 atom stereocenters. The predicted octanol–water partition coefficient (Wildman–Crippen LogP) is 2.85. The molecule has 0 bridgehead atoms. The van der Waals surface area contributed by atoms with Crippen LogP contribution in [0.15, 0.2) is 12.1 Å². The number of pyridine rings is 1. The first kappa shape index (κ1) is 9.94. The van der Waals surface area contributed by atoms with Gasteiger partial charge in [0.2, 0.25) is 0 Å². The lowest BCUT2D eigenvalue weighted by molar-refractivity contribution is 0.696. The van der Waals surface area contributed by atoms with Crippen molar-refractivity contribution in [2.75, 3.05) is 0 Å². The highest BCUT2D eigenvalue weighted by Gasteiger charge is 2.18. The molecule has 1 aliphatic rings. The Morgan fingerprint density at radius 3 is 2.64 bits per heavy atom. The van der Waals surface area contributed by atoms with Crippen LogP contribution in [0.2, 0.25) is 5.15 Å². The normalized spacial score (nSPS) is 17.6. The molecule has 1 aliphatic carbocycles. The van der Waals surface area contributed by atoms with Gasteiger partial charge in [-0.15, -0.1) is 0 Å². The number of hydrogen-bond acceptors (Lipinski definition) is 2. The summed E-state index contributed by atoms with van der Waals surface area (Å²) in [6.07, 6.45) is 5.15. The predicted molar refractivity (Wildman–Crippen MR) is 58.3 cm³/mol. The van der Waals surface area contributed by atoms with E-state index in [2.05, 4.69) is 11.1 Å². The van der Waals surface area contributed by atoms with Crippen molar-refractivity contribution in [2.45, 2.75) is 38.1 Å². The van der Waals surface area contributed by atoms with E-state index in [0.717, 1.165) is 11.3 Å². The highest BCUT2D eigenvalue weighted by molar-refractivity contribution is 6.30. The summed E-state index contributed by atoms with van der Waals surface area (Å²) in [5.74, 6) is 0.624. The summed E-state index contributed by atoms with van der Waals surface area (Å²) < 4.78 is 0. The van der Waals surface area contributed by atoms with E-state index in [0.29, 0.717) is 17.6 Å². The SMILES string of the molecule is NCc1ccc(C2CCCC2)nc1Cl. The minimum absolute atomic E-state index is 0.469. The van der Waals surface area contributed by atoms with Gasteiger partial charge in [-0.25, -0.2) is 4.98 Å². The molecule has 2 nitrogen and oxygen atoms in total. The Kier molecular flexibility index (Phi) is 3.04. The van der Waals surface area contributed by atoms with Gasteiger partial charge in [-0.2, -0.15) is 0 Å². The van der Waals surface area contributed by atoms with Crippen LogP contribution in [0.1, 0.15) is 42.9 Å². The third kappa shape index (κ3) is 1.91. The van der Waals surface area contributed by atoms with Gasteiger partial charge in [0, 0.05) is 23.7 Å². The summed E-state index contributed by atoms with van der Waals surface area (Å²) in [4.78, 5) is 4.41. The number of rotatable bonds is 2. The van der Waals surface area contributed by atoms with Gasteiger partial charge in [0.1, 0.15) is 5.15 Å². The number of nitrogens with two attached hydrogens (primary N) is 1. The van der Waals surface area contributed by atoms with E-state index in [4.69, 9.17) is 17.3 Å². The first-order valence-electron chi connectivity index (χ1n) is 5.16. The number of nitrogens with zero attached hydrogens (tertiary/aromatic N) is 1. The van der Waals surface area contributed by atoms with Gasteiger partial charge >= 0.3 is 0 Å².